The highest BCUT2D eigenvalue weighted by atomic mass is 35.5. The zero-order chi connectivity index (χ0) is 23.4. The fourth-order valence-corrected chi connectivity index (χ4v) is 5.58. The molecular formula is C22H25ClF3N7. The second kappa shape index (κ2) is 7.93. The van der Waals surface area contributed by atoms with Crippen molar-refractivity contribution >= 4 is 29.2 Å². The third-order valence-corrected chi connectivity index (χ3v) is 7.02. The van der Waals surface area contributed by atoms with Gasteiger partial charge >= 0.3 is 6.18 Å². The van der Waals surface area contributed by atoms with Crippen LogP contribution in [0.1, 0.15) is 61.9 Å². The van der Waals surface area contributed by atoms with Gasteiger partial charge in [0.05, 0.1) is 10.7 Å². The first-order valence-electron chi connectivity index (χ1n) is 11.2. The van der Waals surface area contributed by atoms with Crippen molar-refractivity contribution in [3.05, 3.63) is 40.2 Å². The van der Waals surface area contributed by atoms with Crippen LogP contribution in [0.25, 0.3) is 5.69 Å². The Morgan fingerprint density at radius 1 is 1.00 bits per heavy atom. The Morgan fingerprint density at radius 3 is 2.42 bits per heavy atom. The van der Waals surface area contributed by atoms with E-state index in [9.17, 15) is 13.2 Å². The zero-order valence-corrected chi connectivity index (χ0v) is 18.8. The number of aliphatic imine (C=N–C) groups is 2. The number of guanidine groups is 2. The summed E-state index contributed by atoms with van der Waals surface area (Å²) >= 11 is 6.64. The summed E-state index contributed by atoms with van der Waals surface area (Å²) in [6.45, 7) is 0. The molecule has 1 aliphatic heterocycles. The van der Waals surface area contributed by atoms with Crippen molar-refractivity contribution in [2.75, 3.05) is 4.90 Å². The minimum absolute atomic E-state index is 0.149. The molecule has 0 amide bonds. The number of aromatic nitrogens is 2. The van der Waals surface area contributed by atoms with Gasteiger partial charge in [0.25, 0.3) is 0 Å². The topological polar surface area (TPSA) is 97.8 Å². The Morgan fingerprint density at radius 2 is 1.73 bits per heavy atom. The molecule has 4 N–H and O–H groups in total. The van der Waals surface area contributed by atoms with Gasteiger partial charge in [0, 0.05) is 16.9 Å². The van der Waals surface area contributed by atoms with Crippen LogP contribution >= 0.6 is 11.6 Å². The fourth-order valence-electron chi connectivity index (χ4n) is 5.33. The normalized spacial score (nSPS) is 20.4. The smallest absolute Gasteiger partial charge is 0.369 e. The average Bonchev–Trinajstić information content (AvgIpc) is 3.14. The number of alkyl halides is 3. The highest BCUT2D eigenvalue weighted by Gasteiger charge is 2.43. The molecule has 0 radical (unpaired) electrons. The molecule has 1 saturated carbocycles. The summed E-state index contributed by atoms with van der Waals surface area (Å²) in [5.41, 5.74) is 12.7. The van der Waals surface area contributed by atoms with E-state index in [4.69, 9.17) is 23.1 Å². The third-order valence-electron chi connectivity index (χ3n) is 6.72. The molecule has 2 heterocycles. The molecule has 3 aliphatic rings. The van der Waals surface area contributed by atoms with Crippen molar-refractivity contribution in [1.82, 2.24) is 9.78 Å². The van der Waals surface area contributed by atoms with Crippen LogP contribution < -0.4 is 16.4 Å². The third kappa shape index (κ3) is 3.74. The van der Waals surface area contributed by atoms with Crippen molar-refractivity contribution in [2.24, 2.45) is 21.5 Å². The Kier molecular flexibility index (Phi) is 5.30. The van der Waals surface area contributed by atoms with Crippen molar-refractivity contribution in [3.8, 4) is 5.69 Å². The second-order valence-corrected chi connectivity index (χ2v) is 9.25. The largest absolute Gasteiger partial charge is 0.435 e. The van der Waals surface area contributed by atoms with Crippen molar-refractivity contribution in [2.45, 2.75) is 69.6 Å². The van der Waals surface area contributed by atoms with Crippen LogP contribution in [0.4, 0.5) is 18.9 Å². The molecule has 1 aromatic carbocycles. The van der Waals surface area contributed by atoms with E-state index in [0.717, 1.165) is 38.5 Å². The molecule has 2 aromatic rings. The summed E-state index contributed by atoms with van der Waals surface area (Å²) in [6.07, 6.45) is 2.51. The summed E-state index contributed by atoms with van der Waals surface area (Å²) < 4.78 is 42.2. The fraction of sp³-hybridized carbons (Fsp3) is 0.500. The number of benzene rings is 1. The molecule has 1 fully saturated rings. The number of nitrogens with zero attached hydrogens (tertiary/aromatic N) is 5. The Labute approximate surface area is 194 Å². The van der Waals surface area contributed by atoms with Crippen LogP contribution in [0.3, 0.4) is 0 Å². The predicted molar refractivity (Wildman–Crippen MR) is 122 cm³/mol. The van der Waals surface area contributed by atoms with E-state index in [1.807, 2.05) is 4.90 Å². The number of hydrogen-bond acceptors (Lipinski definition) is 6. The van der Waals surface area contributed by atoms with Gasteiger partial charge in [-0.1, -0.05) is 18.0 Å². The van der Waals surface area contributed by atoms with E-state index >= 15 is 0 Å². The molecule has 1 spiro atoms. The van der Waals surface area contributed by atoms with Crippen LogP contribution in [0.15, 0.2) is 28.2 Å². The molecule has 2 aliphatic carbocycles. The lowest BCUT2D eigenvalue weighted by molar-refractivity contribution is -0.142. The lowest BCUT2D eigenvalue weighted by Gasteiger charge is -2.45. The Hall–Kier alpha value is -2.75. The van der Waals surface area contributed by atoms with Crippen LogP contribution in [0, 0.1) is 0 Å². The molecule has 1 aromatic heterocycles. The number of anilines is 1. The van der Waals surface area contributed by atoms with Gasteiger partial charge in [-0.05, 0) is 69.6 Å². The van der Waals surface area contributed by atoms with Gasteiger partial charge in [0.15, 0.2) is 5.69 Å². The van der Waals surface area contributed by atoms with Crippen LogP contribution in [0.5, 0.6) is 0 Å². The number of nitrogens with two attached hydrogens (primary N) is 2. The number of fused-ring (bicyclic) bond motifs is 1. The maximum Gasteiger partial charge on any atom is 0.435 e. The van der Waals surface area contributed by atoms with Gasteiger partial charge in [-0.15, -0.1) is 0 Å². The van der Waals surface area contributed by atoms with E-state index in [1.54, 1.807) is 18.2 Å². The van der Waals surface area contributed by atoms with Gasteiger partial charge < -0.3 is 11.5 Å². The standard InChI is InChI=1S/C22H25ClF3N7/c23-15-12-13(32-20(28)29-19(27)30-21(32)10-4-1-5-11-21)8-9-17(15)33-16-7-3-2-6-14(16)18(31-33)22(24,25)26/h8-9,12H,1-7,10-11H2,(H4,27,28,29,30). The number of rotatable bonds is 2. The lowest BCUT2D eigenvalue weighted by atomic mass is 9.87. The number of halogens is 4. The Balaban J connectivity index is 1.58. The van der Waals surface area contributed by atoms with Gasteiger partial charge in [-0.3, -0.25) is 4.90 Å². The first-order valence-corrected chi connectivity index (χ1v) is 11.5. The summed E-state index contributed by atoms with van der Waals surface area (Å²) in [6, 6.07) is 5.16. The van der Waals surface area contributed by atoms with Gasteiger partial charge in [0.1, 0.15) is 5.66 Å². The van der Waals surface area contributed by atoms with Crippen molar-refractivity contribution in [1.29, 1.82) is 0 Å². The summed E-state index contributed by atoms with van der Waals surface area (Å²) in [5, 5.41) is 4.23. The quantitative estimate of drug-likeness (QED) is 0.661. The monoisotopic (exact) mass is 479 g/mol. The van der Waals surface area contributed by atoms with Crippen LogP contribution in [-0.2, 0) is 19.0 Å². The molecule has 0 atom stereocenters. The van der Waals surface area contributed by atoms with E-state index in [0.29, 0.717) is 36.3 Å². The maximum absolute atomic E-state index is 13.6. The summed E-state index contributed by atoms with van der Waals surface area (Å²) in [5.74, 6) is 0.375. The van der Waals surface area contributed by atoms with Gasteiger partial charge in [-0.25, -0.2) is 9.67 Å². The minimum atomic E-state index is -4.51. The SMILES string of the molecule is NC1=NC2(CCCCC2)N(c2ccc(-n3nc(C(F)(F)F)c4c3CCCC4)c(Cl)c2)C(N)=N1. The number of hydrogen-bond donors (Lipinski definition) is 2. The van der Waals surface area contributed by atoms with Crippen molar-refractivity contribution in [3.63, 3.8) is 0 Å². The molecule has 176 valence electrons. The molecule has 0 saturated heterocycles. The average molecular weight is 480 g/mol. The minimum Gasteiger partial charge on any atom is -0.369 e. The summed E-state index contributed by atoms with van der Waals surface area (Å²) in [7, 11) is 0. The lowest BCUT2D eigenvalue weighted by Crippen LogP contribution is -2.58. The molecular weight excluding hydrogens is 455 g/mol. The van der Waals surface area contributed by atoms with E-state index in [-0.39, 0.29) is 22.5 Å². The molecule has 11 heteroatoms. The van der Waals surface area contributed by atoms with Crippen LogP contribution in [-0.4, -0.2) is 27.4 Å². The first kappa shape index (κ1) is 22.1. The first-order chi connectivity index (χ1) is 15.7. The predicted octanol–water partition coefficient (Wildman–Crippen LogP) is 4.53. The van der Waals surface area contributed by atoms with E-state index < -0.39 is 17.5 Å². The van der Waals surface area contributed by atoms with Gasteiger partial charge in [-0.2, -0.15) is 23.3 Å². The Bertz CT molecular complexity index is 1150. The van der Waals surface area contributed by atoms with E-state index in [2.05, 4.69) is 15.1 Å². The maximum atomic E-state index is 13.6. The highest BCUT2D eigenvalue weighted by molar-refractivity contribution is 6.32. The molecule has 0 bridgehead atoms. The summed E-state index contributed by atoms with van der Waals surface area (Å²) in [4.78, 5) is 10.6. The zero-order valence-electron chi connectivity index (χ0n) is 18.0. The molecule has 7 nitrogen and oxygen atoms in total. The highest BCUT2D eigenvalue weighted by Crippen LogP contribution is 2.42. The second-order valence-electron chi connectivity index (χ2n) is 8.84. The molecule has 5 rings (SSSR count). The molecule has 0 unspecified atom stereocenters. The van der Waals surface area contributed by atoms with Gasteiger partial charge in [0.2, 0.25) is 11.9 Å². The van der Waals surface area contributed by atoms with E-state index in [1.165, 1.54) is 4.68 Å². The molecule has 33 heavy (non-hydrogen) atoms. The van der Waals surface area contributed by atoms with Crippen molar-refractivity contribution < 1.29 is 13.2 Å². The van der Waals surface area contributed by atoms with Crippen LogP contribution in [0.2, 0.25) is 5.02 Å².